The van der Waals surface area contributed by atoms with Gasteiger partial charge in [0, 0.05) is 0 Å². The van der Waals surface area contributed by atoms with Crippen LogP contribution in [-0.2, 0) is 9.59 Å². The Morgan fingerprint density at radius 3 is 2.42 bits per heavy atom. The molecule has 2 fully saturated rings. The average Bonchev–Trinajstić information content (AvgIpc) is 3.12. The molecule has 2 saturated carbocycles. The summed E-state index contributed by atoms with van der Waals surface area (Å²) in [4.78, 5) is 22.9. The van der Waals surface area contributed by atoms with E-state index in [4.69, 9.17) is 5.11 Å². The third-order valence-corrected chi connectivity index (χ3v) is 4.12. The number of hydrogen-bond donors (Lipinski definition) is 3. The third-order valence-electron chi connectivity index (χ3n) is 4.12. The molecule has 0 aromatic rings. The molecule has 2 rings (SSSR count). The van der Waals surface area contributed by atoms with E-state index in [1.165, 1.54) is 12.8 Å². The van der Waals surface area contributed by atoms with Crippen molar-refractivity contribution >= 4 is 11.9 Å². The smallest absolute Gasteiger partial charge is 0.305 e. The first-order valence-electron chi connectivity index (χ1n) is 7.33. The molecule has 5 heteroatoms. The molecular weight excluding hydrogens is 244 g/mol. The minimum atomic E-state index is -0.826. The van der Waals surface area contributed by atoms with Gasteiger partial charge in [-0.15, -0.1) is 0 Å². The van der Waals surface area contributed by atoms with Crippen LogP contribution >= 0.6 is 0 Å². The van der Waals surface area contributed by atoms with Crippen LogP contribution in [0.4, 0.5) is 0 Å². The molecule has 19 heavy (non-hydrogen) atoms. The fourth-order valence-electron chi connectivity index (χ4n) is 2.92. The number of carboxylic acid groups (broad SMARTS) is 1. The van der Waals surface area contributed by atoms with Crippen molar-refractivity contribution in [3.63, 3.8) is 0 Å². The van der Waals surface area contributed by atoms with Crippen molar-refractivity contribution < 1.29 is 14.7 Å². The van der Waals surface area contributed by atoms with E-state index >= 15 is 0 Å². The Bertz CT molecular complexity index is 334. The fourth-order valence-corrected chi connectivity index (χ4v) is 2.92. The van der Waals surface area contributed by atoms with Crippen molar-refractivity contribution in [1.29, 1.82) is 0 Å². The predicted molar refractivity (Wildman–Crippen MR) is 71.8 cm³/mol. The Labute approximate surface area is 114 Å². The summed E-state index contributed by atoms with van der Waals surface area (Å²) in [5.74, 6) is -0.146. The maximum absolute atomic E-state index is 11.9. The summed E-state index contributed by atoms with van der Waals surface area (Å²) in [7, 11) is 0. The van der Waals surface area contributed by atoms with Crippen molar-refractivity contribution in [2.45, 2.75) is 56.9 Å². The van der Waals surface area contributed by atoms with Gasteiger partial charge in [0.2, 0.25) is 5.91 Å². The van der Waals surface area contributed by atoms with E-state index in [1.807, 2.05) is 0 Å². The van der Waals surface area contributed by atoms with Crippen molar-refractivity contribution in [3.8, 4) is 0 Å². The summed E-state index contributed by atoms with van der Waals surface area (Å²) in [6.07, 6.45) is 7.28. The van der Waals surface area contributed by atoms with Crippen LogP contribution in [0.3, 0.4) is 0 Å². The standard InChI is InChI=1S/C14H24N2O3/c17-12(10-15-9-11-4-5-11)16-14(8-13(18)19)6-2-1-3-7-14/h11,15H,1-10H2,(H,16,17)(H,18,19). The summed E-state index contributed by atoms with van der Waals surface area (Å²) < 4.78 is 0. The average molecular weight is 268 g/mol. The van der Waals surface area contributed by atoms with Crippen molar-refractivity contribution in [2.24, 2.45) is 5.92 Å². The van der Waals surface area contributed by atoms with Gasteiger partial charge in [-0.3, -0.25) is 9.59 Å². The molecule has 2 aliphatic rings. The number of carboxylic acids is 1. The minimum absolute atomic E-state index is 0.0430. The predicted octanol–water partition coefficient (Wildman–Crippen LogP) is 1.28. The second-order valence-electron chi connectivity index (χ2n) is 6.03. The van der Waals surface area contributed by atoms with E-state index in [-0.39, 0.29) is 12.3 Å². The number of rotatable bonds is 7. The van der Waals surface area contributed by atoms with Gasteiger partial charge in [-0.2, -0.15) is 0 Å². The topological polar surface area (TPSA) is 78.4 Å². The molecule has 0 atom stereocenters. The zero-order valence-electron chi connectivity index (χ0n) is 11.4. The number of hydrogen-bond acceptors (Lipinski definition) is 3. The van der Waals surface area contributed by atoms with E-state index in [2.05, 4.69) is 10.6 Å². The lowest BCUT2D eigenvalue weighted by Crippen LogP contribution is -2.53. The van der Waals surface area contributed by atoms with Gasteiger partial charge in [0.25, 0.3) is 0 Å². The number of nitrogens with one attached hydrogen (secondary N) is 2. The molecule has 2 aliphatic carbocycles. The number of carbonyl (C=O) groups excluding carboxylic acids is 1. The zero-order valence-corrected chi connectivity index (χ0v) is 11.4. The molecule has 0 spiro atoms. The Hall–Kier alpha value is -1.10. The SMILES string of the molecule is O=C(O)CC1(NC(=O)CNCC2CC2)CCCCC1. The van der Waals surface area contributed by atoms with Gasteiger partial charge in [0.05, 0.1) is 18.5 Å². The van der Waals surface area contributed by atoms with Crippen LogP contribution in [0.25, 0.3) is 0 Å². The Morgan fingerprint density at radius 1 is 1.16 bits per heavy atom. The summed E-state index contributed by atoms with van der Waals surface area (Å²) in [5.41, 5.74) is -0.511. The molecule has 3 N–H and O–H groups in total. The van der Waals surface area contributed by atoms with E-state index in [1.54, 1.807) is 0 Å². The highest BCUT2D eigenvalue weighted by molar-refractivity contribution is 5.80. The van der Waals surface area contributed by atoms with Crippen LogP contribution in [0.1, 0.15) is 51.4 Å². The highest BCUT2D eigenvalue weighted by Gasteiger charge is 2.35. The van der Waals surface area contributed by atoms with E-state index in [0.717, 1.165) is 44.6 Å². The molecule has 0 aromatic heterocycles. The number of aliphatic carboxylic acids is 1. The molecule has 0 radical (unpaired) electrons. The first kappa shape index (κ1) is 14.3. The minimum Gasteiger partial charge on any atom is -0.481 e. The maximum atomic E-state index is 11.9. The lowest BCUT2D eigenvalue weighted by molar-refractivity contribution is -0.139. The van der Waals surface area contributed by atoms with Gasteiger partial charge < -0.3 is 15.7 Å². The molecule has 0 unspecified atom stereocenters. The summed E-state index contributed by atoms with van der Waals surface area (Å²) >= 11 is 0. The second kappa shape index (κ2) is 6.37. The van der Waals surface area contributed by atoms with E-state index < -0.39 is 11.5 Å². The third kappa shape index (κ3) is 4.82. The molecule has 0 aliphatic heterocycles. The Morgan fingerprint density at radius 2 is 1.84 bits per heavy atom. The van der Waals surface area contributed by atoms with Gasteiger partial charge in [0.1, 0.15) is 0 Å². The maximum Gasteiger partial charge on any atom is 0.305 e. The molecule has 0 saturated heterocycles. The van der Waals surface area contributed by atoms with Crippen molar-refractivity contribution in [1.82, 2.24) is 10.6 Å². The van der Waals surface area contributed by atoms with Crippen LogP contribution in [0.5, 0.6) is 0 Å². The van der Waals surface area contributed by atoms with Gasteiger partial charge in [0.15, 0.2) is 0 Å². The van der Waals surface area contributed by atoms with Gasteiger partial charge in [-0.25, -0.2) is 0 Å². The molecule has 5 nitrogen and oxygen atoms in total. The van der Waals surface area contributed by atoms with Crippen LogP contribution < -0.4 is 10.6 Å². The first-order chi connectivity index (χ1) is 9.10. The highest BCUT2D eigenvalue weighted by Crippen LogP contribution is 2.31. The summed E-state index contributed by atoms with van der Waals surface area (Å²) in [6, 6.07) is 0. The van der Waals surface area contributed by atoms with Crippen LogP contribution in [0, 0.1) is 5.92 Å². The number of carbonyl (C=O) groups is 2. The summed E-state index contributed by atoms with van der Waals surface area (Å²) in [5, 5.41) is 15.2. The molecule has 108 valence electrons. The largest absolute Gasteiger partial charge is 0.481 e. The molecular formula is C14H24N2O3. The van der Waals surface area contributed by atoms with Crippen molar-refractivity contribution in [3.05, 3.63) is 0 Å². The van der Waals surface area contributed by atoms with Gasteiger partial charge >= 0.3 is 5.97 Å². The Kier molecular flexibility index (Phi) is 4.80. The van der Waals surface area contributed by atoms with Crippen LogP contribution in [0.2, 0.25) is 0 Å². The van der Waals surface area contributed by atoms with Crippen LogP contribution in [0.15, 0.2) is 0 Å². The quantitative estimate of drug-likeness (QED) is 0.650. The van der Waals surface area contributed by atoms with Gasteiger partial charge in [-0.1, -0.05) is 19.3 Å². The zero-order chi connectivity index (χ0) is 13.7. The fraction of sp³-hybridized carbons (Fsp3) is 0.857. The number of amides is 1. The van der Waals surface area contributed by atoms with Crippen LogP contribution in [-0.4, -0.2) is 35.6 Å². The lowest BCUT2D eigenvalue weighted by Gasteiger charge is -2.37. The highest BCUT2D eigenvalue weighted by atomic mass is 16.4. The lowest BCUT2D eigenvalue weighted by atomic mass is 9.79. The molecule has 0 aromatic carbocycles. The monoisotopic (exact) mass is 268 g/mol. The molecule has 0 bridgehead atoms. The normalized spacial score (nSPS) is 21.9. The second-order valence-corrected chi connectivity index (χ2v) is 6.03. The van der Waals surface area contributed by atoms with E-state index in [9.17, 15) is 9.59 Å². The molecule has 1 amide bonds. The summed E-state index contributed by atoms with van der Waals surface area (Å²) in [6.45, 7) is 1.21. The first-order valence-corrected chi connectivity index (χ1v) is 7.33. The Balaban J connectivity index is 1.79. The van der Waals surface area contributed by atoms with Crippen molar-refractivity contribution in [2.75, 3.05) is 13.1 Å². The van der Waals surface area contributed by atoms with E-state index in [0.29, 0.717) is 6.54 Å². The van der Waals surface area contributed by atoms with Gasteiger partial charge in [-0.05, 0) is 38.1 Å². The molecule has 0 heterocycles.